The van der Waals surface area contributed by atoms with E-state index in [1.807, 2.05) is 6.07 Å². The summed E-state index contributed by atoms with van der Waals surface area (Å²) in [4.78, 5) is 13.7. The third kappa shape index (κ3) is 3.02. The molecule has 0 radical (unpaired) electrons. The quantitative estimate of drug-likeness (QED) is 0.839. The predicted octanol–water partition coefficient (Wildman–Crippen LogP) is 0.359. The molecule has 110 valence electrons. The summed E-state index contributed by atoms with van der Waals surface area (Å²) in [5.41, 5.74) is 0. The Bertz CT molecular complexity index is 429. The summed E-state index contributed by atoms with van der Waals surface area (Å²) in [5.74, 6) is 1.48. The lowest BCUT2D eigenvalue weighted by Gasteiger charge is -2.43. The van der Waals surface area contributed by atoms with Crippen molar-refractivity contribution in [2.75, 3.05) is 50.8 Å². The molecule has 0 aromatic carbocycles. The van der Waals surface area contributed by atoms with Gasteiger partial charge in [-0.1, -0.05) is 6.92 Å². The van der Waals surface area contributed by atoms with Crippen LogP contribution in [0.1, 0.15) is 13.3 Å². The Morgan fingerprint density at radius 2 is 2.10 bits per heavy atom. The standard InChI is InChI=1S/C14H23N5O/c1-2-9-20-13-3-4-16-14(17-13)19-7-5-18(6-8-19)12-10-15-11-12/h3-4,12,15H,2,5-11H2,1H3. The summed E-state index contributed by atoms with van der Waals surface area (Å²) in [7, 11) is 0. The van der Waals surface area contributed by atoms with Gasteiger partial charge in [0.05, 0.1) is 6.61 Å². The first-order valence-electron chi connectivity index (χ1n) is 7.52. The number of aromatic nitrogens is 2. The second-order valence-electron chi connectivity index (χ2n) is 5.38. The Balaban J connectivity index is 1.56. The maximum Gasteiger partial charge on any atom is 0.228 e. The molecule has 0 unspecified atom stereocenters. The van der Waals surface area contributed by atoms with Crippen LogP contribution in [0.3, 0.4) is 0 Å². The van der Waals surface area contributed by atoms with Crippen LogP contribution in [-0.2, 0) is 0 Å². The van der Waals surface area contributed by atoms with Crippen LogP contribution in [0, 0.1) is 0 Å². The molecule has 0 amide bonds. The number of rotatable bonds is 5. The molecular weight excluding hydrogens is 254 g/mol. The van der Waals surface area contributed by atoms with E-state index < -0.39 is 0 Å². The molecular formula is C14H23N5O. The molecule has 2 aliphatic heterocycles. The zero-order valence-electron chi connectivity index (χ0n) is 12.1. The van der Waals surface area contributed by atoms with Crippen LogP contribution in [0.5, 0.6) is 5.88 Å². The number of hydrogen-bond acceptors (Lipinski definition) is 6. The summed E-state index contributed by atoms with van der Waals surface area (Å²) < 4.78 is 5.58. The molecule has 1 aromatic rings. The van der Waals surface area contributed by atoms with Crippen molar-refractivity contribution < 1.29 is 4.74 Å². The van der Waals surface area contributed by atoms with E-state index in [4.69, 9.17) is 4.74 Å². The molecule has 20 heavy (non-hydrogen) atoms. The Labute approximate surface area is 120 Å². The van der Waals surface area contributed by atoms with Crippen LogP contribution in [0.25, 0.3) is 0 Å². The SMILES string of the molecule is CCCOc1ccnc(N2CCN(C3CNC3)CC2)n1. The highest BCUT2D eigenvalue weighted by molar-refractivity contribution is 5.32. The van der Waals surface area contributed by atoms with E-state index in [1.165, 1.54) is 0 Å². The molecule has 1 N–H and O–H groups in total. The van der Waals surface area contributed by atoms with Gasteiger partial charge in [0.1, 0.15) is 0 Å². The number of ether oxygens (including phenoxy) is 1. The van der Waals surface area contributed by atoms with E-state index in [-0.39, 0.29) is 0 Å². The molecule has 0 spiro atoms. The zero-order chi connectivity index (χ0) is 13.8. The fraction of sp³-hybridized carbons (Fsp3) is 0.714. The van der Waals surface area contributed by atoms with Crippen molar-refractivity contribution in [2.24, 2.45) is 0 Å². The van der Waals surface area contributed by atoms with E-state index in [2.05, 4.69) is 32.0 Å². The minimum atomic E-state index is 0.683. The van der Waals surface area contributed by atoms with Crippen LogP contribution < -0.4 is 15.0 Å². The van der Waals surface area contributed by atoms with Gasteiger partial charge in [0.2, 0.25) is 11.8 Å². The van der Waals surface area contributed by atoms with E-state index >= 15 is 0 Å². The molecule has 0 atom stereocenters. The second kappa shape index (κ2) is 6.37. The number of nitrogens with zero attached hydrogens (tertiary/aromatic N) is 4. The first kappa shape index (κ1) is 13.6. The number of hydrogen-bond donors (Lipinski definition) is 1. The van der Waals surface area contributed by atoms with Gasteiger partial charge < -0.3 is 15.0 Å². The van der Waals surface area contributed by atoms with Gasteiger partial charge in [-0.2, -0.15) is 4.98 Å². The van der Waals surface area contributed by atoms with Gasteiger partial charge in [-0.05, 0) is 6.42 Å². The van der Waals surface area contributed by atoms with Gasteiger partial charge in [-0.25, -0.2) is 4.98 Å². The Morgan fingerprint density at radius 1 is 1.30 bits per heavy atom. The van der Waals surface area contributed by atoms with Crippen LogP contribution in [0.15, 0.2) is 12.3 Å². The number of anilines is 1. The smallest absolute Gasteiger partial charge is 0.228 e. The van der Waals surface area contributed by atoms with E-state index in [0.29, 0.717) is 12.5 Å². The van der Waals surface area contributed by atoms with Crippen LogP contribution >= 0.6 is 0 Å². The van der Waals surface area contributed by atoms with Gasteiger partial charge in [0.25, 0.3) is 0 Å². The average Bonchev–Trinajstić information content (AvgIpc) is 2.44. The molecule has 0 aliphatic carbocycles. The van der Waals surface area contributed by atoms with Crippen molar-refractivity contribution in [1.29, 1.82) is 0 Å². The van der Waals surface area contributed by atoms with Gasteiger partial charge in [-0.15, -0.1) is 0 Å². The fourth-order valence-corrected chi connectivity index (χ4v) is 2.59. The minimum Gasteiger partial charge on any atom is -0.478 e. The molecule has 0 saturated carbocycles. The summed E-state index contributed by atoms with van der Waals surface area (Å²) in [6, 6.07) is 2.56. The minimum absolute atomic E-state index is 0.683. The van der Waals surface area contributed by atoms with Crippen molar-refractivity contribution >= 4 is 5.95 Å². The topological polar surface area (TPSA) is 53.5 Å². The summed E-state index contributed by atoms with van der Waals surface area (Å²) in [6.07, 6.45) is 2.78. The summed E-state index contributed by atoms with van der Waals surface area (Å²) >= 11 is 0. The second-order valence-corrected chi connectivity index (χ2v) is 5.38. The molecule has 3 heterocycles. The first-order valence-corrected chi connectivity index (χ1v) is 7.52. The summed E-state index contributed by atoms with van der Waals surface area (Å²) in [6.45, 7) is 9.25. The lowest BCUT2D eigenvalue weighted by atomic mass is 10.1. The van der Waals surface area contributed by atoms with Gasteiger partial charge in [0, 0.05) is 57.6 Å². The highest BCUT2D eigenvalue weighted by atomic mass is 16.5. The van der Waals surface area contributed by atoms with Crippen molar-refractivity contribution in [3.63, 3.8) is 0 Å². The van der Waals surface area contributed by atoms with Gasteiger partial charge >= 0.3 is 0 Å². The zero-order valence-corrected chi connectivity index (χ0v) is 12.1. The van der Waals surface area contributed by atoms with Gasteiger partial charge in [0.15, 0.2) is 0 Å². The maximum absolute atomic E-state index is 5.58. The lowest BCUT2D eigenvalue weighted by molar-refractivity contribution is 0.137. The Morgan fingerprint density at radius 3 is 2.75 bits per heavy atom. The van der Waals surface area contributed by atoms with E-state index in [1.54, 1.807) is 6.20 Å². The Kier molecular flexibility index (Phi) is 4.32. The highest BCUT2D eigenvalue weighted by Crippen LogP contribution is 2.16. The van der Waals surface area contributed by atoms with Crippen molar-refractivity contribution in [1.82, 2.24) is 20.2 Å². The van der Waals surface area contributed by atoms with Crippen molar-refractivity contribution in [3.8, 4) is 5.88 Å². The average molecular weight is 277 g/mol. The Hall–Kier alpha value is -1.40. The van der Waals surface area contributed by atoms with Crippen LogP contribution in [0.2, 0.25) is 0 Å². The molecule has 3 rings (SSSR count). The van der Waals surface area contributed by atoms with Crippen molar-refractivity contribution in [3.05, 3.63) is 12.3 Å². The predicted molar refractivity (Wildman–Crippen MR) is 78.3 cm³/mol. The largest absolute Gasteiger partial charge is 0.478 e. The fourth-order valence-electron chi connectivity index (χ4n) is 2.59. The van der Waals surface area contributed by atoms with Crippen LogP contribution in [0.4, 0.5) is 5.95 Å². The molecule has 2 aliphatic rings. The maximum atomic E-state index is 5.58. The van der Waals surface area contributed by atoms with E-state index in [0.717, 1.165) is 57.7 Å². The molecule has 6 heteroatoms. The third-order valence-electron chi connectivity index (χ3n) is 3.94. The van der Waals surface area contributed by atoms with E-state index in [9.17, 15) is 0 Å². The normalized spacial score (nSPS) is 20.8. The molecule has 1 aromatic heterocycles. The molecule has 6 nitrogen and oxygen atoms in total. The van der Waals surface area contributed by atoms with Crippen LogP contribution in [-0.4, -0.2) is 66.8 Å². The highest BCUT2D eigenvalue weighted by Gasteiger charge is 2.28. The van der Waals surface area contributed by atoms with Crippen molar-refractivity contribution in [2.45, 2.75) is 19.4 Å². The molecule has 2 saturated heterocycles. The summed E-state index contributed by atoms with van der Waals surface area (Å²) in [5, 5.41) is 3.33. The molecule has 0 bridgehead atoms. The monoisotopic (exact) mass is 277 g/mol. The lowest BCUT2D eigenvalue weighted by Crippen LogP contribution is -2.61. The van der Waals surface area contributed by atoms with Gasteiger partial charge in [-0.3, -0.25) is 4.90 Å². The first-order chi connectivity index (χ1) is 9.86. The number of nitrogens with one attached hydrogen (secondary N) is 1. The molecule has 2 fully saturated rings. The number of piperazine rings is 1. The third-order valence-corrected chi connectivity index (χ3v) is 3.94.